The van der Waals surface area contributed by atoms with Crippen molar-refractivity contribution < 1.29 is 4.74 Å². The Kier molecular flexibility index (Phi) is 3.80. The molecule has 0 unspecified atom stereocenters. The molecule has 2 aromatic rings. The van der Waals surface area contributed by atoms with Crippen LogP contribution in [0.15, 0.2) is 24.3 Å². The molecule has 1 aromatic carbocycles. The van der Waals surface area contributed by atoms with Gasteiger partial charge in [-0.2, -0.15) is 0 Å². The number of anilines is 1. The summed E-state index contributed by atoms with van der Waals surface area (Å²) in [7, 11) is 0. The molecule has 100 valence electrons. The van der Waals surface area contributed by atoms with Crippen LogP contribution in [-0.4, -0.2) is 30.0 Å². The smallest absolute Gasteiger partial charge is 0.159 e. The molecular formula is C14H16ClN3O. The monoisotopic (exact) mass is 277 g/mol. The summed E-state index contributed by atoms with van der Waals surface area (Å²) < 4.78 is 5.58. The summed E-state index contributed by atoms with van der Waals surface area (Å²) >= 11 is 6.03. The summed E-state index contributed by atoms with van der Waals surface area (Å²) in [6, 6.07) is 7.85. The minimum absolute atomic E-state index is 0.436. The van der Waals surface area contributed by atoms with Crippen molar-refractivity contribution in [3.8, 4) is 0 Å². The van der Waals surface area contributed by atoms with Crippen LogP contribution >= 0.6 is 11.6 Å². The first kappa shape index (κ1) is 12.6. The van der Waals surface area contributed by atoms with Gasteiger partial charge in [0.1, 0.15) is 0 Å². The van der Waals surface area contributed by atoms with Crippen LogP contribution < -0.4 is 5.32 Å². The molecule has 0 aliphatic heterocycles. The van der Waals surface area contributed by atoms with E-state index in [1.807, 2.05) is 24.3 Å². The molecule has 1 N–H and O–H groups in total. The maximum atomic E-state index is 6.03. The maximum absolute atomic E-state index is 6.03. The van der Waals surface area contributed by atoms with Crippen molar-refractivity contribution in [2.75, 3.05) is 25.1 Å². The lowest BCUT2D eigenvalue weighted by atomic mass is 10.2. The van der Waals surface area contributed by atoms with Crippen LogP contribution in [0, 0.1) is 5.92 Å². The predicted octanol–water partition coefficient (Wildman–Crippen LogP) is 3.12. The first-order valence-electron chi connectivity index (χ1n) is 6.57. The highest BCUT2D eigenvalue weighted by Crippen LogP contribution is 2.28. The number of nitrogens with zero attached hydrogens (tertiary/aromatic N) is 2. The van der Waals surface area contributed by atoms with E-state index in [0.29, 0.717) is 11.8 Å². The topological polar surface area (TPSA) is 47.0 Å². The van der Waals surface area contributed by atoms with Crippen LogP contribution in [0.5, 0.6) is 0 Å². The van der Waals surface area contributed by atoms with Gasteiger partial charge >= 0.3 is 0 Å². The zero-order valence-corrected chi connectivity index (χ0v) is 11.4. The van der Waals surface area contributed by atoms with E-state index in [1.165, 1.54) is 12.8 Å². The summed E-state index contributed by atoms with van der Waals surface area (Å²) in [4.78, 5) is 0. The molecule has 4 nitrogen and oxygen atoms in total. The summed E-state index contributed by atoms with van der Waals surface area (Å²) in [5.74, 6) is 1.56. The normalized spacial score (nSPS) is 14.8. The molecule has 19 heavy (non-hydrogen) atoms. The van der Waals surface area contributed by atoms with Crippen molar-refractivity contribution in [1.82, 2.24) is 10.2 Å². The number of hydrogen-bond acceptors (Lipinski definition) is 4. The molecule has 3 rings (SSSR count). The van der Waals surface area contributed by atoms with Crippen LogP contribution in [0.3, 0.4) is 0 Å². The molecule has 0 bridgehead atoms. The first-order chi connectivity index (χ1) is 9.34. The summed E-state index contributed by atoms with van der Waals surface area (Å²) in [5.41, 5.74) is 0. The molecule has 0 radical (unpaired) electrons. The van der Waals surface area contributed by atoms with Gasteiger partial charge in [-0.25, -0.2) is 0 Å². The van der Waals surface area contributed by atoms with Gasteiger partial charge in [0.2, 0.25) is 0 Å². The van der Waals surface area contributed by atoms with Crippen molar-refractivity contribution in [3.63, 3.8) is 0 Å². The number of ether oxygens (including phenoxy) is 1. The average Bonchev–Trinajstić information content (AvgIpc) is 3.25. The van der Waals surface area contributed by atoms with E-state index in [0.717, 1.165) is 35.7 Å². The Balaban J connectivity index is 1.61. The number of aromatic nitrogens is 2. The fourth-order valence-corrected chi connectivity index (χ4v) is 2.18. The molecule has 0 saturated heterocycles. The predicted molar refractivity (Wildman–Crippen MR) is 76.6 cm³/mol. The summed E-state index contributed by atoms with van der Waals surface area (Å²) in [5, 5.41) is 13.7. The first-order valence-corrected chi connectivity index (χ1v) is 6.95. The van der Waals surface area contributed by atoms with Gasteiger partial charge in [0, 0.05) is 23.9 Å². The van der Waals surface area contributed by atoms with E-state index in [9.17, 15) is 0 Å². The fraction of sp³-hybridized carbons (Fsp3) is 0.429. The number of fused-ring (bicyclic) bond motifs is 1. The Hall–Kier alpha value is -1.39. The van der Waals surface area contributed by atoms with Crippen molar-refractivity contribution in [1.29, 1.82) is 0 Å². The third kappa shape index (κ3) is 3.14. The van der Waals surface area contributed by atoms with Crippen LogP contribution in [0.1, 0.15) is 12.8 Å². The molecule has 1 aromatic heterocycles. The molecule has 0 spiro atoms. The molecule has 0 amide bonds. The van der Waals surface area contributed by atoms with Crippen molar-refractivity contribution in [2.45, 2.75) is 12.8 Å². The van der Waals surface area contributed by atoms with E-state index < -0.39 is 0 Å². The van der Waals surface area contributed by atoms with Gasteiger partial charge < -0.3 is 10.1 Å². The molecule has 0 atom stereocenters. The van der Waals surface area contributed by atoms with Gasteiger partial charge in [-0.05, 0) is 18.8 Å². The van der Waals surface area contributed by atoms with E-state index >= 15 is 0 Å². The Morgan fingerprint density at radius 1 is 1.21 bits per heavy atom. The quantitative estimate of drug-likeness (QED) is 0.824. The average molecular weight is 278 g/mol. The van der Waals surface area contributed by atoms with Gasteiger partial charge in [0.05, 0.1) is 6.61 Å². The molecule has 1 fully saturated rings. The standard InChI is InChI=1S/C14H16ClN3O/c15-13-11-3-1-2-4-12(11)14(18-17-13)16-7-8-19-9-10-5-6-10/h1-4,10H,5-9H2,(H,16,18). The van der Waals surface area contributed by atoms with Crippen molar-refractivity contribution >= 4 is 28.2 Å². The van der Waals surface area contributed by atoms with Crippen LogP contribution in [0.2, 0.25) is 5.15 Å². The Labute approximate surface area is 117 Å². The molecule has 1 aliphatic rings. The highest BCUT2D eigenvalue weighted by molar-refractivity contribution is 6.34. The largest absolute Gasteiger partial charge is 0.379 e. The number of benzene rings is 1. The molecule has 5 heteroatoms. The summed E-state index contributed by atoms with van der Waals surface area (Å²) in [6.07, 6.45) is 2.64. The summed E-state index contributed by atoms with van der Waals surface area (Å²) in [6.45, 7) is 2.30. The van der Waals surface area contributed by atoms with E-state index in [2.05, 4.69) is 15.5 Å². The van der Waals surface area contributed by atoms with Crippen LogP contribution in [0.4, 0.5) is 5.82 Å². The maximum Gasteiger partial charge on any atom is 0.159 e. The second-order valence-corrected chi connectivity index (χ2v) is 5.19. The Morgan fingerprint density at radius 3 is 2.79 bits per heavy atom. The molecule has 1 heterocycles. The fourth-order valence-electron chi connectivity index (χ4n) is 1.98. The SMILES string of the molecule is Clc1nnc(NCCOCC2CC2)c2ccccc12. The lowest BCUT2D eigenvalue weighted by molar-refractivity contribution is 0.134. The van der Waals surface area contributed by atoms with Gasteiger partial charge in [-0.15, -0.1) is 10.2 Å². The van der Waals surface area contributed by atoms with Crippen LogP contribution in [0.25, 0.3) is 10.8 Å². The van der Waals surface area contributed by atoms with Gasteiger partial charge in [-0.3, -0.25) is 0 Å². The van der Waals surface area contributed by atoms with E-state index in [4.69, 9.17) is 16.3 Å². The Bertz CT molecular complexity index is 572. The highest BCUT2D eigenvalue weighted by Gasteiger charge is 2.20. The molecular weight excluding hydrogens is 262 g/mol. The molecule has 1 saturated carbocycles. The number of nitrogens with one attached hydrogen (secondary N) is 1. The van der Waals surface area contributed by atoms with E-state index in [-0.39, 0.29) is 0 Å². The van der Waals surface area contributed by atoms with Gasteiger partial charge in [0.15, 0.2) is 11.0 Å². The minimum atomic E-state index is 0.436. The van der Waals surface area contributed by atoms with Crippen molar-refractivity contribution in [2.24, 2.45) is 5.92 Å². The third-order valence-electron chi connectivity index (χ3n) is 3.23. The van der Waals surface area contributed by atoms with E-state index in [1.54, 1.807) is 0 Å². The zero-order valence-electron chi connectivity index (χ0n) is 10.6. The van der Waals surface area contributed by atoms with Gasteiger partial charge in [-0.1, -0.05) is 35.9 Å². The lowest BCUT2D eigenvalue weighted by Gasteiger charge is -2.09. The zero-order chi connectivity index (χ0) is 13.1. The van der Waals surface area contributed by atoms with Gasteiger partial charge in [0.25, 0.3) is 0 Å². The lowest BCUT2D eigenvalue weighted by Crippen LogP contribution is -2.12. The Morgan fingerprint density at radius 2 is 2.00 bits per heavy atom. The van der Waals surface area contributed by atoms with Crippen molar-refractivity contribution in [3.05, 3.63) is 29.4 Å². The number of hydrogen-bond donors (Lipinski definition) is 1. The third-order valence-corrected chi connectivity index (χ3v) is 3.51. The highest BCUT2D eigenvalue weighted by atomic mass is 35.5. The minimum Gasteiger partial charge on any atom is -0.379 e. The molecule has 1 aliphatic carbocycles. The number of halogens is 1. The van der Waals surface area contributed by atoms with Crippen LogP contribution in [-0.2, 0) is 4.74 Å². The second-order valence-electron chi connectivity index (χ2n) is 4.83. The second kappa shape index (κ2) is 5.72. The number of rotatable bonds is 6.